The van der Waals surface area contributed by atoms with Crippen LogP contribution in [0.25, 0.3) is 0 Å². The van der Waals surface area contributed by atoms with Gasteiger partial charge in [-0.1, -0.05) is 18.2 Å². The monoisotopic (exact) mass is 249 g/mol. The van der Waals surface area contributed by atoms with Gasteiger partial charge >= 0.3 is 5.97 Å². The number of hydrogen-bond donors (Lipinski definition) is 0. The zero-order valence-electron chi connectivity index (χ0n) is 12.0. The Kier molecular flexibility index (Phi) is 4.76. The fourth-order valence-electron chi connectivity index (χ4n) is 1.76. The summed E-state index contributed by atoms with van der Waals surface area (Å²) in [5.41, 5.74) is 1.96. The van der Waals surface area contributed by atoms with Gasteiger partial charge in [0.25, 0.3) is 0 Å². The summed E-state index contributed by atoms with van der Waals surface area (Å²) in [6, 6.07) is 8.15. The van der Waals surface area contributed by atoms with Gasteiger partial charge in [-0.2, -0.15) is 0 Å². The lowest BCUT2D eigenvalue weighted by atomic mass is 10.2. The fourth-order valence-corrected chi connectivity index (χ4v) is 1.76. The van der Waals surface area contributed by atoms with Gasteiger partial charge in [0.15, 0.2) is 0 Å². The molecule has 1 aromatic rings. The Balaban J connectivity index is 2.49. The van der Waals surface area contributed by atoms with E-state index in [0.29, 0.717) is 13.0 Å². The first-order chi connectivity index (χ1) is 8.29. The summed E-state index contributed by atoms with van der Waals surface area (Å²) in [7, 11) is 1.99. The molecule has 0 amide bonds. The van der Waals surface area contributed by atoms with Crippen LogP contribution in [0, 0.1) is 6.92 Å². The molecule has 100 valence electrons. The van der Waals surface area contributed by atoms with Crippen LogP contribution in [-0.2, 0) is 9.53 Å². The van der Waals surface area contributed by atoms with Gasteiger partial charge in [-0.05, 0) is 39.3 Å². The number of benzene rings is 1. The molecular weight excluding hydrogens is 226 g/mol. The molecule has 0 aromatic heterocycles. The summed E-state index contributed by atoms with van der Waals surface area (Å²) in [5.74, 6) is -0.150. The zero-order valence-corrected chi connectivity index (χ0v) is 12.0. The number of ether oxygens (including phenoxy) is 1. The molecule has 0 saturated heterocycles. The van der Waals surface area contributed by atoms with Crippen molar-refractivity contribution in [3.63, 3.8) is 0 Å². The Morgan fingerprint density at radius 2 is 1.89 bits per heavy atom. The van der Waals surface area contributed by atoms with Crippen molar-refractivity contribution in [2.45, 2.75) is 39.7 Å². The van der Waals surface area contributed by atoms with Crippen LogP contribution < -0.4 is 4.90 Å². The van der Waals surface area contributed by atoms with E-state index in [4.69, 9.17) is 4.74 Å². The zero-order chi connectivity index (χ0) is 13.8. The normalized spacial score (nSPS) is 11.2. The molecule has 0 aliphatic rings. The van der Waals surface area contributed by atoms with Crippen molar-refractivity contribution in [2.75, 3.05) is 18.5 Å². The quantitative estimate of drug-likeness (QED) is 0.768. The molecule has 1 aromatic carbocycles. The Labute approximate surface area is 110 Å². The number of rotatable bonds is 4. The number of para-hydroxylation sites is 1. The maximum absolute atomic E-state index is 11.6. The van der Waals surface area contributed by atoms with E-state index in [1.807, 2.05) is 40.0 Å². The van der Waals surface area contributed by atoms with Gasteiger partial charge in [-0.3, -0.25) is 4.79 Å². The highest BCUT2D eigenvalue weighted by Crippen LogP contribution is 2.18. The summed E-state index contributed by atoms with van der Waals surface area (Å²) in [6.07, 6.45) is 0.405. The first-order valence-electron chi connectivity index (χ1n) is 6.28. The molecule has 0 unspecified atom stereocenters. The predicted octanol–water partition coefficient (Wildman–Crippen LogP) is 3.16. The second kappa shape index (κ2) is 5.89. The van der Waals surface area contributed by atoms with E-state index in [2.05, 4.69) is 24.0 Å². The summed E-state index contributed by atoms with van der Waals surface area (Å²) in [6.45, 7) is 8.39. The highest BCUT2D eigenvalue weighted by molar-refractivity contribution is 5.70. The number of aryl methyl sites for hydroxylation is 1. The van der Waals surface area contributed by atoms with E-state index in [1.54, 1.807) is 0 Å². The van der Waals surface area contributed by atoms with E-state index < -0.39 is 5.60 Å². The molecule has 0 atom stereocenters. The first kappa shape index (κ1) is 14.6. The van der Waals surface area contributed by atoms with Crippen LogP contribution >= 0.6 is 0 Å². The summed E-state index contributed by atoms with van der Waals surface area (Å²) >= 11 is 0. The number of hydrogen-bond acceptors (Lipinski definition) is 3. The topological polar surface area (TPSA) is 29.5 Å². The van der Waals surface area contributed by atoms with Crippen molar-refractivity contribution in [1.29, 1.82) is 0 Å². The van der Waals surface area contributed by atoms with Crippen molar-refractivity contribution in [3.05, 3.63) is 29.8 Å². The van der Waals surface area contributed by atoms with E-state index in [-0.39, 0.29) is 5.97 Å². The van der Waals surface area contributed by atoms with E-state index in [0.717, 1.165) is 5.69 Å². The molecule has 0 fully saturated rings. The number of anilines is 1. The molecular formula is C15H23NO2. The SMILES string of the molecule is Cc1ccccc1N(C)CCC(=O)OC(C)(C)C. The minimum atomic E-state index is -0.404. The summed E-state index contributed by atoms with van der Waals surface area (Å²) in [4.78, 5) is 13.7. The third-order valence-corrected chi connectivity index (χ3v) is 2.60. The van der Waals surface area contributed by atoms with Crippen LogP contribution in [0.2, 0.25) is 0 Å². The number of carbonyl (C=O) groups excluding carboxylic acids is 1. The van der Waals surface area contributed by atoms with Crippen LogP contribution in [0.4, 0.5) is 5.69 Å². The fraction of sp³-hybridized carbons (Fsp3) is 0.533. The Morgan fingerprint density at radius 1 is 1.28 bits per heavy atom. The van der Waals surface area contributed by atoms with Crippen molar-refractivity contribution in [2.24, 2.45) is 0 Å². The molecule has 0 saturated carbocycles. The van der Waals surface area contributed by atoms with Crippen molar-refractivity contribution in [1.82, 2.24) is 0 Å². The number of carbonyl (C=O) groups is 1. The predicted molar refractivity (Wildman–Crippen MR) is 74.9 cm³/mol. The summed E-state index contributed by atoms with van der Waals surface area (Å²) < 4.78 is 5.29. The Morgan fingerprint density at radius 3 is 2.44 bits per heavy atom. The van der Waals surface area contributed by atoms with Crippen LogP contribution in [0.3, 0.4) is 0 Å². The van der Waals surface area contributed by atoms with Crippen molar-refractivity contribution >= 4 is 11.7 Å². The van der Waals surface area contributed by atoms with Gasteiger partial charge in [0.2, 0.25) is 0 Å². The van der Waals surface area contributed by atoms with Crippen molar-refractivity contribution in [3.8, 4) is 0 Å². The standard InChI is InChI=1S/C15H23NO2/c1-12-8-6-7-9-13(12)16(5)11-10-14(17)18-15(2,3)4/h6-9H,10-11H2,1-5H3. The second-order valence-corrected chi connectivity index (χ2v) is 5.54. The van der Waals surface area contributed by atoms with Crippen LogP contribution in [0.1, 0.15) is 32.8 Å². The van der Waals surface area contributed by atoms with Crippen molar-refractivity contribution < 1.29 is 9.53 Å². The molecule has 0 aliphatic carbocycles. The lowest BCUT2D eigenvalue weighted by Crippen LogP contribution is -2.27. The second-order valence-electron chi connectivity index (χ2n) is 5.54. The van der Waals surface area contributed by atoms with Crippen LogP contribution in [0.15, 0.2) is 24.3 Å². The summed E-state index contributed by atoms with van der Waals surface area (Å²) in [5, 5.41) is 0. The lowest BCUT2D eigenvalue weighted by Gasteiger charge is -2.23. The molecule has 0 N–H and O–H groups in total. The van der Waals surface area contributed by atoms with Gasteiger partial charge in [0.05, 0.1) is 6.42 Å². The molecule has 0 radical (unpaired) electrons. The molecule has 0 aliphatic heterocycles. The van der Waals surface area contributed by atoms with Crippen LogP contribution in [0.5, 0.6) is 0 Å². The lowest BCUT2D eigenvalue weighted by molar-refractivity contribution is -0.154. The molecule has 1 rings (SSSR count). The minimum Gasteiger partial charge on any atom is -0.460 e. The maximum Gasteiger partial charge on any atom is 0.308 e. The first-order valence-corrected chi connectivity index (χ1v) is 6.28. The average Bonchev–Trinajstić information content (AvgIpc) is 2.24. The molecule has 3 heteroatoms. The molecule has 0 heterocycles. The molecule has 3 nitrogen and oxygen atoms in total. The van der Waals surface area contributed by atoms with Gasteiger partial charge in [-0.15, -0.1) is 0 Å². The maximum atomic E-state index is 11.6. The highest BCUT2D eigenvalue weighted by Gasteiger charge is 2.16. The number of nitrogens with zero attached hydrogens (tertiary/aromatic N) is 1. The van der Waals surface area contributed by atoms with Gasteiger partial charge in [0, 0.05) is 19.3 Å². The van der Waals surface area contributed by atoms with Gasteiger partial charge in [-0.25, -0.2) is 0 Å². The highest BCUT2D eigenvalue weighted by atomic mass is 16.6. The van der Waals surface area contributed by atoms with Crippen LogP contribution in [-0.4, -0.2) is 25.2 Å². The van der Waals surface area contributed by atoms with E-state index >= 15 is 0 Å². The molecule has 0 spiro atoms. The Bertz CT molecular complexity index is 407. The smallest absolute Gasteiger partial charge is 0.308 e. The minimum absolute atomic E-state index is 0.150. The van der Waals surface area contributed by atoms with Gasteiger partial charge in [0.1, 0.15) is 5.60 Å². The number of esters is 1. The van der Waals surface area contributed by atoms with E-state index in [9.17, 15) is 4.79 Å². The van der Waals surface area contributed by atoms with Gasteiger partial charge < -0.3 is 9.64 Å². The Hall–Kier alpha value is -1.51. The molecule has 18 heavy (non-hydrogen) atoms. The van der Waals surface area contributed by atoms with E-state index in [1.165, 1.54) is 5.56 Å². The molecule has 0 bridgehead atoms. The third-order valence-electron chi connectivity index (χ3n) is 2.60. The third kappa shape index (κ3) is 4.78. The largest absolute Gasteiger partial charge is 0.460 e. The average molecular weight is 249 g/mol.